The molecule has 9 heteroatoms. The Balaban J connectivity index is 1.34. The van der Waals surface area contributed by atoms with Gasteiger partial charge in [-0.15, -0.1) is 11.3 Å². The minimum atomic E-state index is -0.571. The summed E-state index contributed by atoms with van der Waals surface area (Å²) in [6, 6.07) is 15.6. The summed E-state index contributed by atoms with van der Waals surface area (Å²) in [5, 5.41) is 8.86. The van der Waals surface area contributed by atoms with Crippen molar-refractivity contribution in [2.45, 2.75) is 20.1 Å². The predicted molar refractivity (Wildman–Crippen MR) is 131 cm³/mol. The molecule has 0 saturated carbocycles. The van der Waals surface area contributed by atoms with Gasteiger partial charge >= 0.3 is 0 Å². The first-order valence-corrected chi connectivity index (χ1v) is 11.9. The van der Waals surface area contributed by atoms with Crippen LogP contribution in [0.15, 0.2) is 48.5 Å². The molecule has 2 amide bonds. The van der Waals surface area contributed by atoms with E-state index < -0.39 is 6.23 Å². The predicted octanol–water partition coefficient (Wildman–Crippen LogP) is 3.54. The van der Waals surface area contributed by atoms with Crippen LogP contribution in [-0.2, 0) is 11.8 Å². The molecule has 1 N–H and O–H groups in total. The number of ether oxygens (including phenoxy) is 1. The van der Waals surface area contributed by atoms with E-state index >= 15 is 0 Å². The molecule has 0 spiro atoms. The molecule has 1 fully saturated rings. The minimum Gasteiger partial charge on any atom is -0.355 e. The van der Waals surface area contributed by atoms with Crippen LogP contribution in [0.25, 0.3) is 21.3 Å². The van der Waals surface area contributed by atoms with Crippen molar-refractivity contribution in [2.75, 3.05) is 19.7 Å². The molecule has 5 rings (SSSR count). The van der Waals surface area contributed by atoms with Gasteiger partial charge in [-0.25, -0.2) is 4.98 Å². The monoisotopic (exact) mass is 475 g/mol. The second-order valence-corrected chi connectivity index (χ2v) is 9.51. The number of para-hydroxylation sites is 1. The number of nitrogens with one attached hydrogen (secondary N) is 1. The Labute approximate surface area is 201 Å². The third-order valence-electron chi connectivity index (χ3n) is 5.88. The highest BCUT2D eigenvalue weighted by Crippen LogP contribution is 2.32. The van der Waals surface area contributed by atoms with Gasteiger partial charge in [0, 0.05) is 19.0 Å². The zero-order valence-electron chi connectivity index (χ0n) is 19.2. The number of fused-ring (bicyclic) bond motifs is 1. The second kappa shape index (κ2) is 9.00. The van der Waals surface area contributed by atoms with Crippen molar-refractivity contribution in [3.63, 3.8) is 0 Å². The number of nitrogens with zero attached hydrogens (tertiary/aromatic N) is 4. The van der Waals surface area contributed by atoms with Crippen molar-refractivity contribution in [2.24, 2.45) is 7.05 Å². The fraction of sp³-hybridized carbons (Fsp3) is 0.280. The summed E-state index contributed by atoms with van der Waals surface area (Å²) in [6.45, 7) is 4.93. The molecule has 34 heavy (non-hydrogen) atoms. The number of thiazole rings is 1. The lowest BCUT2D eigenvalue weighted by atomic mass is 10.1. The van der Waals surface area contributed by atoms with Gasteiger partial charge in [0.2, 0.25) is 0 Å². The van der Waals surface area contributed by atoms with E-state index in [0.717, 1.165) is 31.9 Å². The molecule has 0 bridgehead atoms. The quantitative estimate of drug-likeness (QED) is 0.477. The number of aromatic nitrogens is 3. The number of amides is 2. The Morgan fingerprint density at radius 2 is 1.97 bits per heavy atom. The van der Waals surface area contributed by atoms with Gasteiger partial charge in [0.15, 0.2) is 5.69 Å². The van der Waals surface area contributed by atoms with Gasteiger partial charge in [-0.2, -0.15) is 5.10 Å². The summed E-state index contributed by atoms with van der Waals surface area (Å²) in [5.41, 5.74) is 3.75. The Kier molecular flexibility index (Phi) is 5.89. The standard InChI is InChI=1S/C25H25N5O3S/c1-15-7-6-8-17(13-15)23-22(27-16(2)34-23)25(32)30-11-12-33-20(30)14-26-24(31)21-18-9-4-5-10-19(18)29(3)28-21/h4-10,13,20H,11-12,14H2,1-3H3,(H,26,31). The lowest BCUT2D eigenvalue weighted by Crippen LogP contribution is -2.44. The van der Waals surface area contributed by atoms with Crippen LogP contribution >= 0.6 is 11.3 Å². The van der Waals surface area contributed by atoms with Crippen molar-refractivity contribution in [3.05, 3.63) is 70.5 Å². The zero-order valence-corrected chi connectivity index (χ0v) is 20.1. The van der Waals surface area contributed by atoms with Crippen LogP contribution in [0, 0.1) is 13.8 Å². The van der Waals surface area contributed by atoms with Gasteiger partial charge in [-0.1, -0.05) is 48.0 Å². The van der Waals surface area contributed by atoms with Crippen LogP contribution in [0.3, 0.4) is 0 Å². The number of carbonyl (C=O) groups is 2. The van der Waals surface area contributed by atoms with Crippen LogP contribution in [0.4, 0.5) is 0 Å². The van der Waals surface area contributed by atoms with Gasteiger partial charge in [0.05, 0.1) is 28.6 Å². The molecule has 1 aliphatic heterocycles. The number of benzene rings is 2. The summed E-state index contributed by atoms with van der Waals surface area (Å²) in [5.74, 6) is -0.495. The maximum Gasteiger partial charge on any atom is 0.276 e. The molecule has 2 aromatic carbocycles. The molecule has 174 valence electrons. The van der Waals surface area contributed by atoms with Crippen molar-refractivity contribution in [1.29, 1.82) is 0 Å². The molecule has 1 atom stereocenters. The highest BCUT2D eigenvalue weighted by Gasteiger charge is 2.34. The lowest BCUT2D eigenvalue weighted by Gasteiger charge is -2.23. The van der Waals surface area contributed by atoms with E-state index in [4.69, 9.17) is 4.74 Å². The number of aryl methyl sites for hydroxylation is 3. The molecule has 1 saturated heterocycles. The van der Waals surface area contributed by atoms with Crippen molar-refractivity contribution < 1.29 is 14.3 Å². The van der Waals surface area contributed by atoms with Crippen LogP contribution in [0.5, 0.6) is 0 Å². The molecule has 8 nitrogen and oxygen atoms in total. The first-order chi connectivity index (χ1) is 16.4. The van der Waals surface area contributed by atoms with Crippen LogP contribution in [-0.4, -0.2) is 57.4 Å². The van der Waals surface area contributed by atoms with Crippen molar-refractivity contribution in [1.82, 2.24) is 25.0 Å². The molecule has 0 radical (unpaired) electrons. The zero-order chi connectivity index (χ0) is 23.8. The molecular weight excluding hydrogens is 450 g/mol. The van der Waals surface area contributed by atoms with E-state index in [-0.39, 0.29) is 18.4 Å². The SMILES string of the molecule is Cc1cccc(-c2sc(C)nc2C(=O)N2CCOC2CNC(=O)c2nn(C)c3ccccc23)c1. The number of rotatable bonds is 5. The number of hydrogen-bond donors (Lipinski definition) is 1. The largest absolute Gasteiger partial charge is 0.355 e. The van der Waals surface area contributed by atoms with E-state index in [1.807, 2.05) is 56.3 Å². The van der Waals surface area contributed by atoms with Crippen LogP contribution < -0.4 is 5.32 Å². The van der Waals surface area contributed by atoms with Gasteiger partial charge in [0.1, 0.15) is 11.9 Å². The molecule has 0 aliphatic carbocycles. The number of carbonyl (C=O) groups excluding carboxylic acids is 2. The fourth-order valence-electron chi connectivity index (χ4n) is 4.26. The first kappa shape index (κ1) is 22.2. The Morgan fingerprint density at radius 1 is 1.15 bits per heavy atom. The normalized spacial score (nSPS) is 15.7. The summed E-state index contributed by atoms with van der Waals surface area (Å²) in [4.78, 5) is 33.4. The topological polar surface area (TPSA) is 89.3 Å². The summed E-state index contributed by atoms with van der Waals surface area (Å²) in [6.07, 6.45) is -0.571. The molecule has 2 aromatic heterocycles. The van der Waals surface area contributed by atoms with Crippen LogP contribution in [0.1, 0.15) is 31.5 Å². The molecular formula is C25H25N5O3S. The summed E-state index contributed by atoms with van der Waals surface area (Å²) >= 11 is 1.50. The van der Waals surface area contributed by atoms with E-state index in [9.17, 15) is 9.59 Å². The maximum absolute atomic E-state index is 13.5. The fourth-order valence-corrected chi connectivity index (χ4v) is 5.16. The second-order valence-electron chi connectivity index (χ2n) is 8.30. The Hall–Kier alpha value is -3.56. The van der Waals surface area contributed by atoms with Gasteiger partial charge in [-0.3, -0.25) is 14.3 Å². The van der Waals surface area contributed by atoms with E-state index in [1.54, 1.807) is 16.6 Å². The van der Waals surface area contributed by atoms with E-state index in [2.05, 4.69) is 21.5 Å². The highest BCUT2D eigenvalue weighted by molar-refractivity contribution is 7.15. The smallest absolute Gasteiger partial charge is 0.276 e. The van der Waals surface area contributed by atoms with Crippen LogP contribution in [0.2, 0.25) is 0 Å². The van der Waals surface area contributed by atoms with Gasteiger partial charge in [-0.05, 0) is 25.5 Å². The van der Waals surface area contributed by atoms with E-state index in [0.29, 0.717) is 24.5 Å². The van der Waals surface area contributed by atoms with Gasteiger partial charge < -0.3 is 15.0 Å². The molecule has 1 aliphatic rings. The number of hydrogen-bond acceptors (Lipinski definition) is 6. The molecule has 1 unspecified atom stereocenters. The molecule has 4 aromatic rings. The maximum atomic E-state index is 13.5. The Morgan fingerprint density at radius 3 is 2.79 bits per heavy atom. The third-order valence-corrected chi connectivity index (χ3v) is 6.90. The third kappa shape index (κ3) is 4.08. The summed E-state index contributed by atoms with van der Waals surface area (Å²) < 4.78 is 7.48. The Bertz CT molecular complexity index is 1390. The average Bonchev–Trinajstić information content (AvgIpc) is 3.54. The first-order valence-electron chi connectivity index (χ1n) is 11.1. The van der Waals surface area contributed by atoms with Crippen molar-refractivity contribution in [3.8, 4) is 10.4 Å². The highest BCUT2D eigenvalue weighted by atomic mass is 32.1. The minimum absolute atomic E-state index is 0.165. The van der Waals surface area contributed by atoms with Crippen molar-refractivity contribution >= 4 is 34.1 Å². The van der Waals surface area contributed by atoms with E-state index in [1.165, 1.54) is 11.3 Å². The lowest BCUT2D eigenvalue weighted by molar-refractivity contribution is 0.0276. The van der Waals surface area contributed by atoms with Gasteiger partial charge in [0.25, 0.3) is 11.8 Å². The summed E-state index contributed by atoms with van der Waals surface area (Å²) in [7, 11) is 1.81. The average molecular weight is 476 g/mol. The molecule has 3 heterocycles.